The van der Waals surface area contributed by atoms with Gasteiger partial charge in [0.15, 0.2) is 6.04 Å². The quantitative estimate of drug-likeness (QED) is 0.773. The molecule has 21 heavy (non-hydrogen) atoms. The fraction of sp³-hybridized carbons (Fsp3) is 0.385. The molecule has 2 aromatic rings. The molecule has 110 valence electrons. The van der Waals surface area contributed by atoms with Crippen molar-refractivity contribution >= 4 is 17.5 Å². The molecule has 1 amide bonds. The van der Waals surface area contributed by atoms with Crippen molar-refractivity contribution in [2.75, 3.05) is 20.3 Å². The number of ether oxygens (including phenoxy) is 1. The number of halogens is 1. The van der Waals surface area contributed by atoms with Gasteiger partial charge in [-0.25, -0.2) is 4.68 Å². The van der Waals surface area contributed by atoms with Crippen molar-refractivity contribution in [2.45, 2.75) is 12.1 Å². The monoisotopic (exact) mass is 307 g/mol. The van der Waals surface area contributed by atoms with Crippen LogP contribution >= 0.6 is 11.6 Å². The molecule has 8 heteroatoms. The Bertz CT molecular complexity index is 616. The summed E-state index contributed by atoms with van der Waals surface area (Å²) < 4.78 is 6.55. The number of methoxy groups -OCH3 is 1. The number of benzene rings is 1. The lowest BCUT2D eigenvalue weighted by atomic mass is 9.88. The van der Waals surface area contributed by atoms with E-state index in [1.807, 2.05) is 24.3 Å². The van der Waals surface area contributed by atoms with Crippen molar-refractivity contribution in [3.63, 3.8) is 0 Å². The summed E-state index contributed by atoms with van der Waals surface area (Å²) in [6.45, 7) is 1.01. The third kappa shape index (κ3) is 2.50. The number of nitrogens with zero attached hydrogens (tertiary/aromatic N) is 5. The Morgan fingerprint density at radius 2 is 2.05 bits per heavy atom. The standard InChI is InChI=1S/C13H14ClN5O2/c1-21-7-6-18-11(9-2-4-10(14)5-3-9)12(13(18)20)19-8-15-16-17-19/h2-5,8,11-12H,6-7H2,1H3. The number of carbonyl (C=O) groups is 1. The molecule has 3 rings (SSSR count). The minimum atomic E-state index is -0.418. The summed E-state index contributed by atoms with van der Waals surface area (Å²) in [5.74, 6) is -0.0145. The molecule has 1 aliphatic rings. The molecule has 1 aromatic carbocycles. The SMILES string of the molecule is COCCN1C(=O)C(n2cnnn2)C1c1ccc(Cl)cc1. The molecule has 1 saturated heterocycles. The number of amides is 1. The van der Waals surface area contributed by atoms with Crippen molar-refractivity contribution in [2.24, 2.45) is 0 Å². The molecule has 7 nitrogen and oxygen atoms in total. The van der Waals surface area contributed by atoms with Crippen LogP contribution in [-0.2, 0) is 9.53 Å². The van der Waals surface area contributed by atoms with Gasteiger partial charge in [-0.1, -0.05) is 23.7 Å². The van der Waals surface area contributed by atoms with E-state index in [0.717, 1.165) is 5.56 Å². The molecular formula is C13H14ClN5O2. The van der Waals surface area contributed by atoms with Crippen LogP contribution < -0.4 is 0 Å². The van der Waals surface area contributed by atoms with Gasteiger partial charge in [-0.15, -0.1) is 5.10 Å². The lowest BCUT2D eigenvalue weighted by molar-refractivity contribution is -0.157. The summed E-state index contributed by atoms with van der Waals surface area (Å²) >= 11 is 5.92. The van der Waals surface area contributed by atoms with Gasteiger partial charge in [0.05, 0.1) is 12.6 Å². The second-order valence-electron chi connectivity index (χ2n) is 4.76. The lowest BCUT2D eigenvalue weighted by Gasteiger charge is -2.46. The molecule has 1 fully saturated rings. The first-order valence-electron chi connectivity index (χ1n) is 6.49. The zero-order valence-electron chi connectivity index (χ0n) is 11.4. The van der Waals surface area contributed by atoms with Crippen molar-refractivity contribution in [3.8, 4) is 0 Å². The van der Waals surface area contributed by atoms with Gasteiger partial charge >= 0.3 is 0 Å². The topological polar surface area (TPSA) is 73.1 Å². The number of β-lactam (4-membered cyclic amide) rings is 1. The first-order valence-corrected chi connectivity index (χ1v) is 6.87. The van der Waals surface area contributed by atoms with Crippen LogP contribution in [0.15, 0.2) is 30.6 Å². The smallest absolute Gasteiger partial charge is 0.250 e. The number of carbonyl (C=O) groups excluding carboxylic acids is 1. The molecule has 1 aliphatic heterocycles. The van der Waals surface area contributed by atoms with Gasteiger partial charge < -0.3 is 9.64 Å². The molecule has 0 N–H and O–H groups in total. The summed E-state index contributed by atoms with van der Waals surface area (Å²) in [5, 5.41) is 11.7. The van der Waals surface area contributed by atoms with Gasteiger partial charge in [0.1, 0.15) is 6.33 Å². The Hall–Kier alpha value is -1.99. The third-order valence-corrected chi connectivity index (χ3v) is 3.82. The number of hydrogen-bond donors (Lipinski definition) is 0. The first kappa shape index (κ1) is 14.0. The molecule has 0 bridgehead atoms. The number of hydrogen-bond acceptors (Lipinski definition) is 5. The molecule has 0 saturated carbocycles. The van der Waals surface area contributed by atoms with E-state index in [1.165, 1.54) is 11.0 Å². The van der Waals surface area contributed by atoms with Crippen LogP contribution in [0.3, 0.4) is 0 Å². The minimum absolute atomic E-state index is 0.0145. The first-order chi connectivity index (χ1) is 10.2. The van der Waals surface area contributed by atoms with E-state index in [1.54, 1.807) is 12.0 Å². The van der Waals surface area contributed by atoms with E-state index in [9.17, 15) is 4.79 Å². The molecule has 2 heterocycles. The predicted molar refractivity (Wildman–Crippen MR) is 74.6 cm³/mol. The number of aromatic nitrogens is 4. The van der Waals surface area contributed by atoms with Crippen LogP contribution in [0.2, 0.25) is 5.02 Å². The van der Waals surface area contributed by atoms with Gasteiger partial charge in [-0.2, -0.15) is 0 Å². The van der Waals surface area contributed by atoms with Gasteiger partial charge in [0.2, 0.25) is 0 Å². The second kappa shape index (κ2) is 5.79. The van der Waals surface area contributed by atoms with Crippen molar-refractivity contribution in [1.29, 1.82) is 0 Å². The fourth-order valence-electron chi connectivity index (χ4n) is 2.55. The van der Waals surface area contributed by atoms with Crippen molar-refractivity contribution in [3.05, 3.63) is 41.2 Å². The minimum Gasteiger partial charge on any atom is -0.383 e. The van der Waals surface area contributed by atoms with E-state index >= 15 is 0 Å². The number of likely N-dealkylation sites (tertiary alicyclic amines) is 1. The zero-order valence-corrected chi connectivity index (χ0v) is 12.1. The van der Waals surface area contributed by atoms with Crippen LogP contribution in [0.1, 0.15) is 17.6 Å². The van der Waals surface area contributed by atoms with Gasteiger partial charge in [0.25, 0.3) is 5.91 Å². The summed E-state index contributed by atoms with van der Waals surface area (Å²) in [7, 11) is 1.61. The maximum Gasteiger partial charge on any atom is 0.250 e. The largest absolute Gasteiger partial charge is 0.383 e. The van der Waals surface area contributed by atoms with E-state index in [-0.39, 0.29) is 11.9 Å². The number of tetrazole rings is 1. The summed E-state index contributed by atoms with van der Waals surface area (Å²) in [4.78, 5) is 14.1. The van der Waals surface area contributed by atoms with E-state index in [4.69, 9.17) is 16.3 Å². The highest BCUT2D eigenvalue weighted by Gasteiger charge is 2.49. The van der Waals surface area contributed by atoms with Crippen molar-refractivity contribution < 1.29 is 9.53 Å². The van der Waals surface area contributed by atoms with E-state index < -0.39 is 6.04 Å². The second-order valence-corrected chi connectivity index (χ2v) is 5.19. The predicted octanol–water partition coefficient (Wildman–Crippen LogP) is 1.10. The van der Waals surface area contributed by atoms with Crippen LogP contribution in [0.25, 0.3) is 0 Å². The van der Waals surface area contributed by atoms with Gasteiger partial charge in [-0.05, 0) is 28.1 Å². The fourth-order valence-corrected chi connectivity index (χ4v) is 2.67. The number of rotatable bonds is 5. The molecule has 0 aliphatic carbocycles. The Balaban J connectivity index is 1.90. The van der Waals surface area contributed by atoms with Crippen molar-refractivity contribution in [1.82, 2.24) is 25.1 Å². The molecule has 2 unspecified atom stereocenters. The van der Waals surface area contributed by atoms with Crippen LogP contribution in [0.5, 0.6) is 0 Å². The Morgan fingerprint density at radius 1 is 1.29 bits per heavy atom. The molecule has 0 spiro atoms. The lowest BCUT2D eigenvalue weighted by Crippen LogP contribution is -2.56. The Morgan fingerprint density at radius 3 is 2.67 bits per heavy atom. The third-order valence-electron chi connectivity index (χ3n) is 3.57. The molecule has 0 radical (unpaired) electrons. The molecule has 2 atom stereocenters. The molecular weight excluding hydrogens is 294 g/mol. The normalized spacial score (nSPS) is 21.4. The van der Waals surface area contributed by atoms with Crippen LogP contribution in [0, 0.1) is 0 Å². The summed E-state index contributed by atoms with van der Waals surface area (Å²) in [5.41, 5.74) is 0.996. The Labute approximate surface area is 126 Å². The summed E-state index contributed by atoms with van der Waals surface area (Å²) in [6, 6.07) is 6.91. The van der Waals surface area contributed by atoms with Gasteiger partial charge in [0, 0.05) is 18.7 Å². The highest BCUT2D eigenvalue weighted by molar-refractivity contribution is 6.30. The van der Waals surface area contributed by atoms with Crippen LogP contribution in [0.4, 0.5) is 0 Å². The zero-order chi connectivity index (χ0) is 14.8. The van der Waals surface area contributed by atoms with Gasteiger partial charge in [-0.3, -0.25) is 4.79 Å². The maximum atomic E-state index is 12.3. The summed E-state index contributed by atoms with van der Waals surface area (Å²) in [6.07, 6.45) is 1.46. The highest BCUT2D eigenvalue weighted by atomic mass is 35.5. The van der Waals surface area contributed by atoms with E-state index in [0.29, 0.717) is 18.2 Å². The maximum absolute atomic E-state index is 12.3. The average molecular weight is 308 g/mol. The average Bonchev–Trinajstić information content (AvgIpc) is 3.00. The Kier molecular flexibility index (Phi) is 3.85. The highest BCUT2D eigenvalue weighted by Crippen LogP contribution is 2.42. The van der Waals surface area contributed by atoms with Crippen LogP contribution in [-0.4, -0.2) is 51.3 Å². The van der Waals surface area contributed by atoms with E-state index in [2.05, 4.69) is 15.5 Å². The molecule has 1 aromatic heterocycles.